The molecule has 15 heavy (non-hydrogen) atoms. The summed E-state index contributed by atoms with van der Waals surface area (Å²) in [5.41, 5.74) is 1.02. The molecule has 0 saturated heterocycles. The summed E-state index contributed by atoms with van der Waals surface area (Å²) in [5.74, 6) is 0.430. The molecule has 1 aromatic carbocycles. The van der Waals surface area contributed by atoms with Crippen molar-refractivity contribution in [3.05, 3.63) is 42.2 Å². The average Bonchev–Trinajstić information content (AvgIpc) is 2.19. The molecule has 1 aromatic rings. The second-order valence-electron chi connectivity index (χ2n) is 3.96. The fourth-order valence-electron chi connectivity index (χ4n) is 1.21. The van der Waals surface area contributed by atoms with Gasteiger partial charge in [-0.3, -0.25) is 0 Å². The summed E-state index contributed by atoms with van der Waals surface area (Å²) in [5, 5.41) is 0. The summed E-state index contributed by atoms with van der Waals surface area (Å²) in [6.45, 7) is 8.25. The van der Waals surface area contributed by atoms with E-state index in [0.717, 1.165) is 12.0 Å². The van der Waals surface area contributed by atoms with E-state index in [9.17, 15) is 4.39 Å². The Hall–Kier alpha value is -1.31. The number of hydrogen-bond acceptors (Lipinski definition) is 1. The molecule has 0 N–H and O–H groups in total. The lowest BCUT2D eigenvalue weighted by Gasteiger charge is -2.10. The summed E-state index contributed by atoms with van der Waals surface area (Å²) >= 11 is 0. The summed E-state index contributed by atoms with van der Waals surface area (Å²) in [6.07, 6.45) is 2.53. The third-order valence-electron chi connectivity index (χ3n) is 1.95. The highest BCUT2D eigenvalue weighted by atomic mass is 19.1. The van der Waals surface area contributed by atoms with Crippen molar-refractivity contribution in [3.63, 3.8) is 0 Å². The lowest BCUT2D eigenvalue weighted by Crippen LogP contribution is -2.06. The van der Waals surface area contributed by atoms with E-state index in [-0.39, 0.29) is 5.82 Å². The minimum absolute atomic E-state index is 0.302. The van der Waals surface area contributed by atoms with Crippen LogP contribution in [0.2, 0.25) is 0 Å². The fourth-order valence-corrected chi connectivity index (χ4v) is 1.21. The van der Waals surface area contributed by atoms with Gasteiger partial charge in [-0.2, -0.15) is 0 Å². The SMILES string of the molecule is C=CCc1ccc(F)c(OCC(C)C)c1. The van der Waals surface area contributed by atoms with E-state index in [1.165, 1.54) is 6.07 Å². The molecule has 0 unspecified atom stereocenters. The molecule has 2 heteroatoms. The van der Waals surface area contributed by atoms with Crippen molar-refractivity contribution in [2.75, 3.05) is 6.61 Å². The topological polar surface area (TPSA) is 9.23 Å². The first-order valence-electron chi connectivity index (χ1n) is 5.15. The van der Waals surface area contributed by atoms with Gasteiger partial charge in [0.1, 0.15) is 0 Å². The van der Waals surface area contributed by atoms with Crippen LogP contribution in [0.25, 0.3) is 0 Å². The maximum atomic E-state index is 13.3. The molecule has 0 aliphatic carbocycles. The number of hydrogen-bond donors (Lipinski definition) is 0. The molecule has 0 amide bonds. The number of ether oxygens (including phenoxy) is 1. The van der Waals surface area contributed by atoms with E-state index in [1.54, 1.807) is 18.2 Å². The van der Waals surface area contributed by atoms with Gasteiger partial charge in [0.2, 0.25) is 0 Å². The normalized spacial score (nSPS) is 10.4. The molecule has 1 rings (SSSR count). The molecule has 0 aliphatic heterocycles. The van der Waals surface area contributed by atoms with Crippen molar-refractivity contribution in [3.8, 4) is 5.75 Å². The Morgan fingerprint density at radius 2 is 2.20 bits per heavy atom. The highest BCUT2D eigenvalue weighted by Gasteiger charge is 2.05. The van der Waals surface area contributed by atoms with E-state index in [0.29, 0.717) is 18.3 Å². The summed E-state index contributed by atoms with van der Waals surface area (Å²) in [4.78, 5) is 0. The zero-order valence-corrected chi connectivity index (χ0v) is 9.29. The molecule has 0 atom stereocenters. The molecule has 0 radical (unpaired) electrons. The minimum Gasteiger partial charge on any atom is -0.490 e. The molecule has 0 bridgehead atoms. The second kappa shape index (κ2) is 5.54. The molecule has 1 nitrogen and oxygen atoms in total. The van der Waals surface area contributed by atoms with Gasteiger partial charge >= 0.3 is 0 Å². The summed E-state index contributed by atoms with van der Waals surface area (Å²) in [6, 6.07) is 4.92. The van der Waals surface area contributed by atoms with Crippen LogP contribution >= 0.6 is 0 Å². The van der Waals surface area contributed by atoms with Gasteiger partial charge in [0.25, 0.3) is 0 Å². The average molecular weight is 208 g/mol. The Kier molecular flexibility index (Phi) is 4.35. The van der Waals surface area contributed by atoms with Gasteiger partial charge in [0.15, 0.2) is 11.6 Å². The molecule has 0 aliphatic rings. The Bertz CT molecular complexity index is 331. The van der Waals surface area contributed by atoms with Crippen molar-refractivity contribution in [2.24, 2.45) is 5.92 Å². The Balaban J connectivity index is 2.75. The third-order valence-corrected chi connectivity index (χ3v) is 1.95. The predicted octanol–water partition coefficient (Wildman–Crippen LogP) is 3.59. The van der Waals surface area contributed by atoms with Crippen molar-refractivity contribution in [1.82, 2.24) is 0 Å². The first kappa shape index (κ1) is 11.8. The van der Waals surface area contributed by atoms with Crippen LogP contribution in [-0.2, 0) is 6.42 Å². The van der Waals surface area contributed by atoms with Crippen LogP contribution in [0.1, 0.15) is 19.4 Å². The van der Waals surface area contributed by atoms with E-state index >= 15 is 0 Å². The van der Waals surface area contributed by atoms with Gasteiger partial charge in [-0.05, 0) is 30.0 Å². The molecule has 0 fully saturated rings. The summed E-state index contributed by atoms with van der Waals surface area (Å²) in [7, 11) is 0. The third kappa shape index (κ3) is 3.74. The minimum atomic E-state index is -0.302. The zero-order chi connectivity index (χ0) is 11.3. The van der Waals surface area contributed by atoms with Crippen LogP contribution in [0.5, 0.6) is 5.75 Å². The van der Waals surface area contributed by atoms with Crippen LogP contribution in [0.4, 0.5) is 4.39 Å². The van der Waals surface area contributed by atoms with Crippen LogP contribution in [0, 0.1) is 11.7 Å². The Morgan fingerprint density at radius 1 is 1.47 bits per heavy atom. The van der Waals surface area contributed by atoms with Crippen molar-refractivity contribution in [2.45, 2.75) is 20.3 Å². The van der Waals surface area contributed by atoms with Gasteiger partial charge in [-0.1, -0.05) is 26.0 Å². The van der Waals surface area contributed by atoms with Gasteiger partial charge in [0, 0.05) is 0 Å². The van der Waals surface area contributed by atoms with E-state index in [1.807, 2.05) is 13.8 Å². The lowest BCUT2D eigenvalue weighted by atomic mass is 10.1. The quantitative estimate of drug-likeness (QED) is 0.672. The predicted molar refractivity (Wildman–Crippen MR) is 60.6 cm³/mol. The van der Waals surface area contributed by atoms with Gasteiger partial charge in [-0.25, -0.2) is 4.39 Å². The maximum Gasteiger partial charge on any atom is 0.165 e. The zero-order valence-electron chi connectivity index (χ0n) is 9.29. The van der Waals surface area contributed by atoms with Crippen LogP contribution in [0.3, 0.4) is 0 Å². The summed E-state index contributed by atoms with van der Waals surface area (Å²) < 4.78 is 18.7. The Labute approximate surface area is 90.6 Å². The van der Waals surface area contributed by atoms with E-state index in [2.05, 4.69) is 6.58 Å². The lowest BCUT2D eigenvalue weighted by molar-refractivity contribution is 0.259. The van der Waals surface area contributed by atoms with Crippen LogP contribution in [0.15, 0.2) is 30.9 Å². The number of halogens is 1. The smallest absolute Gasteiger partial charge is 0.165 e. The van der Waals surface area contributed by atoms with Gasteiger partial charge in [-0.15, -0.1) is 6.58 Å². The standard InChI is InChI=1S/C13H17FO/c1-4-5-11-6-7-12(14)13(8-11)15-9-10(2)3/h4,6-8,10H,1,5,9H2,2-3H3. The molecule has 0 spiro atoms. The molecular weight excluding hydrogens is 191 g/mol. The number of benzene rings is 1. The Morgan fingerprint density at radius 3 is 2.80 bits per heavy atom. The van der Waals surface area contributed by atoms with Crippen molar-refractivity contribution < 1.29 is 9.13 Å². The molecule has 0 aromatic heterocycles. The molecular formula is C13H17FO. The van der Waals surface area contributed by atoms with E-state index < -0.39 is 0 Å². The van der Waals surface area contributed by atoms with Crippen molar-refractivity contribution >= 4 is 0 Å². The van der Waals surface area contributed by atoms with Crippen molar-refractivity contribution in [1.29, 1.82) is 0 Å². The highest BCUT2D eigenvalue weighted by molar-refractivity contribution is 5.31. The van der Waals surface area contributed by atoms with Gasteiger partial charge < -0.3 is 4.74 Å². The fraction of sp³-hybridized carbons (Fsp3) is 0.385. The monoisotopic (exact) mass is 208 g/mol. The second-order valence-corrected chi connectivity index (χ2v) is 3.96. The molecule has 82 valence electrons. The molecule has 0 saturated carbocycles. The number of allylic oxidation sites excluding steroid dienone is 1. The van der Waals surface area contributed by atoms with Gasteiger partial charge in [0.05, 0.1) is 6.61 Å². The molecule has 0 heterocycles. The first-order chi connectivity index (χ1) is 7.13. The highest BCUT2D eigenvalue weighted by Crippen LogP contribution is 2.19. The number of rotatable bonds is 5. The van der Waals surface area contributed by atoms with Crippen LogP contribution in [-0.4, -0.2) is 6.61 Å². The first-order valence-corrected chi connectivity index (χ1v) is 5.15. The maximum absolute atomic E-state index is 13.3. The largest absolute Gasteiger partial charge is 0.490 e. The van der Waals surface area contributed by atoms with E-state index in [4.69, 9.17) is 4.74 Å². The van der Waals surface area contributed by atoms with Crippen LogP contribution < -0.4 is 4.74 Å².